The molecule has 0 fully saturated rings. The van der Waals surface area contributed by atoms with Crippen LogP contribution in [-0.4, -0.2) is 4.98 Å². The van der Waals surface area contributed by atoms with E-state index in [4.69, 9.17) is 0 Å². The minimum Gasteiger partial charge on any atom is -0.239 e. The van der Waals surface area contributed by atoms with E-state index in [2.05, 4.69) is 32.8 Å². The Hall–Kier alpha value is -2.11. The molecule has 3 rings (SSSR count). The Bertz CT molecular complexity index is 782. The number of pyridine rings is 1. The van der Waals surface area contributed by atoms with Gasteiger partial charge in [-0.15, -0.1) is 0 Å². The van der Waals surface area contributed by atoms with E-state index >= 15 is 0 Å². The van der Waals surface area contributed by atoms with Gasteiger partial charge in [-0.25, -0.2) is 4.98 Å². The van der Waals surface area contributed by atoms with E-state index in [1.807, 2.05) is 60.7 Å². The third-order valence-electron chi connectivity index (χ3n) is 2.79. The Kier molecular flexibility index (Phi) is 3.31. The van der Waals surface area contributed by atoms with E-state index < -0.39 is 0 Å². The van der Waals surface area contributed by atoms with Crippen molar-refractivity contribution in [3.63, 3.8) is 0 Å². The van der Waals surface area contributed by atoms with E-state index in [-0.39, 0.29) is 0 Å². The molecule has 0 aliphatic carbocycles. The molecule has 0 atom stereocenters. The first kappa shape index (κ1) is 12.0. The normalized spacial score (nSPS) is 9.95. The van der Waals surface area contributed by atoms with Crippen LogP contribution in [0.15, 0.2) is 65.1 Å². The van der Waals surface area contributed by atoms with E-state index in [0.717, 1.165) is 26.6 Å². The monoisotopic (exact) mass is 307 g/mol. The molecule has 0 amide bonds. The molecule has 3 aromatic rings. The second kappa shape index (κ2) is 5.26. The summed E-state index contributed by atoms with van der Waals surface area (Å²) in [5.41, 5.74) is 2.74. The average Bonchev–Trinajstić information content (AvgIpc) is 2.46. The zero-order valence-corrected chi connectivity index (χ0v) is 11.7. The van der Waals surface area contributed by atoms with Gasteiger partial charge in [0.1, 0.15) is 5.69 Å². The van der Waals surface area contributed by atoms with Gasteiger partial charge in [0.05, 0.1) is 5.52 Å². The van der Waals surface area contributed by atoms with Crippen LogP contribution in [0.1, 0.15) is 11.3 Å². The number of fused-ring (bicyclic) bond motifs is 1. The van der Waals surface area contributed by atoms with Gasteiger partial charge in [-0.2, -0.15) is 0 Å². The largest absolute Gasteiger partial charge is 0.239 e. The number of halogens is 1. The van der Waals surface area contributed by atoms with Crippen molar-refractivity contribution in [3.8, 4) is 11.8 Å². The molecule has 1 aromatic heterocycles. The number of aromatic nitrogens is 1. The Morgan fingerprint density at radius 1 is 0.789 bits per heavy atom. The molecule has 0 radical (unpaired) electrons. The van der Waals surface area contributed by atoms with Crippen LogP contribution in [0, 0.1) is 11.8 Å². The van der Waals surface area contributed by atoms with Gasteiger partial charge in [0, 0.05) is 15.4 Å². The molecule has 1 heterocycles. The van der Waals surface area contributed by atoms with Crippen molar-refractivity contribution >= 4 is 26.8 Å². The third-order valence-corrected chi connectivity index (χ3v) is 3.48. The highest BCUT2D eigenvalue weighted by Crippen LogP contribution is 2.22. The minimum atomic E-state index is 0.787. The molecule has 0 aliphatic rings. The van der Waals surface area contributed by atoms with Crippen molar-refractivity contribution in [2.75, 3.05) is 0 Å². The summed E-state index contributed by atoms with van der Waals surface area (Å²) in [5, 5.41) is 1.10. The molecule has 1 nitrogen and oxygen atoms in total. The fourth-order valence-electron chi connectivity index (χ4n) is 1.84. The molecular formula is C17H10BrN. The lowest BCUT2D eigenvalue weighted by Crippen LogP contribution is -1.85. The molecule has 0 bridgehead atoms. The summed E-state index contributed by atoms with van der Waals surface area (Å²) in [5.74, 6) is 6.21. The average molecular weight is 308 g/mol. The molecular weight excluding hydrogens is 298 g/mol. The Labute approximate surface area is 120 Å². The maximum absolute atomic E-state index is 4.55. The summed E-state index contributed by atoms with van der Waals surface area (Å²) in [6.07, 6.45) is 0. The molecule has 0 N–H and O–H groups in total. The van der Waals surface area contributed by atoms with E-state index in [9.17, 15) is 0 Å². The van der Waals surface area contributed by atoms with Crippen LogP contribution in [0.2, 0.25) is 0 Å². The topological polar surface area (TPSA) is 12.9 Å². The highest BCUT2D eigenvalue weighted by Gasteiger charge is 1.99. The molecule has 0 aliphatic heterocycles. The first-order chi connectivity index (χ1) is 9.33. The van der Waals surface area contributed by atoms with Crippen LogP contribution < -0.4 is 0 Å². The second-order valence-electron chi connectivity index (χ2n) is 4.12. The zero-order chi connectivity index (χ0) is 13.1. The number of rotatable bonds is 0. The summed E-state index contributed by atoms with van der Waals surface area (Å²) in [6.45, 7) is 0. The van der Waals surface area contributed by atoms with Crippen LogP contribution in [-0.2, 0) is 0 Å². The summed E-state index contributed by atoms with van der Waals surface area (Å²) >= 11 is 3.52. The lowest BCUT2D eigenvalue weighted by atomic mass is 10.2. The zero-order valence-electron chi connectivity index (χ0n) is 10.1. The van der Waals surface area contributed by atoms with Crippen LogP contribution in [0.25, 0.3) is 10.9 Å². The second-order valence-corrected chi connectivity index (χ2v) is 4.97. The Morgan fingerprint density at radius 3 is 2.47 bits per heavy atom. The van der Waals surface area contributed by atoms with Gasteiger partial charge >= 0.3 is 0 Å². The quantitative estimate of drug-likeness (QED) is 0.561. The summed E-state index contributed by atoms with van der Waals surface area (Å²) < 4.78 is 1.06. The first-order valence-corrected chi connectivity index (χ1v) is 6.74. The van der Waals surface area contributed by atoms with Crippen molar-refractivity contribution in [1.29, 1.82) is 0 Å². The highest BCUT2D eigenvalue weighted by atomic mass is 79.9. The van der Waals surface area contributed by atoms with Crippen LogP contribution in [0.5, 0.6) is 0 Å². The van der Waals surface area contributed by atoms with Crippen molar-refractivity contribution in [2.45, 2.75) is 0 Å². The summed E-state index contributed by atoms with van der Waals surface area (Å²) in [7, 11) is 0. The molecule has 2 heteroatoms. The molecule has 2 aromatic carbocycles. The van der Waals surface area contributed by atoms with Gasteiger partial charge in [-0.3, -0.25) is 0 Å². The number of nitrogens with zero attached hydrogens (tertiary/aromatic N) is 1. The first-order valence-electron chi connectivity index (χ1n) is 5.95. The van der Waals surface area contributed by atoms with Crippen molar-refractivity contribution in [1.82, 2.24) is 4.98 Å². The predicted molar refractivity (Wildman–Crippen MR) is 81.9 cm³/mol. The van der Waals surface area contributed by atoms with Crippen molar-refractivity contribution < 1.29 is 0 Å². The van der Waals surface area contributed by atoms with Gasteiger partial charge in [0.2, 0.25) is 0 Å². The SMILES string of the molecule is Brc1cccc2nc(C#Cc3ccccc3)ccc12. The number of benzene rings is 2. The number of hydrogen-bond acceptors (Lipinski definition) is 1. The minimum absolute atomic E-state index is 0.787. The fraction of sp³-hybridized carbons (Fsp3) is 0. The predicted octanol–water partition coefficient (Wildman–Crippen LogP) is 4.40. The van der Waals surface area contributed by atoms with Crippen molar-refractivity contribution in [3.05, 3.63) is 76.4 Å². The molecule has 0 spiro atoms. The Balaban J connectivity index is 2.01. The Morgan fingerprint density at radius 2 is 1.63 bits per heavy atom. The molecule has 90 valence electrons. The van der Waals surface area contributed by atoms with E-state index in [0.29, 0.717) is 0 Å². The van der Waals surface area contributed by atoms with Gasteiger partial charge in [0.25, 0.3) is 0 Å². The standard InChI is InChI=1S/C17H10BrN/c18-16-7-4-8-17-15(16)12-11-14(19-17)10-9-13-5-2-1-3-6-13/h1-8,11-12H. The molecule has 0 unspecified atom stereocenters. The van der Waals surface area contributed by atoms with Crippen LogP contribution in [0.4, 0.5) is 0 Å². The van der Waals surface area contributed by atoms with Gasteiger partial charge in [-0.05, 0) is 42.3 Å². The van der Waals surface area contributed by atoms with Gasteiger partial charge in [-0.1, -0.05) is 46.1 Å². The van der Waals surface area contributed by atoms with Crippen molar-refractivity contribution in [2.24, 2.45) is 0 Å². The van der Waals surface area contributed by atoms with Gasteiger partial charge in [0.15, 0.2) is 0 Å². The van der Waals surface area contributed by atoms with E-state index in [1.54, 1.807) is 0 Å². The van der Waals surface area contributed by atoms with E-state index in [1.165, 1.54) is 0 Å². The molecule has 0 saturated carbocycles. The summed E-state index contributed by atoms with van der Waals surface area (Å²) in [6, 6.07) is 19.9. The van der Waals surface area contributed by atoms with Crippen LogP contribution in [0.3, 0.4) is 0 Å². The highest BCUT2D eigenvalue weighted by molar-refractivity contribution is 9.10. The number of hydrogen-bond donors (Lipinski definition) is 0. The van der Waals surface area contributed by atoms with Crippen LogP contribution >= 0.6 is 15.9 Å². The van der Waals surface area contributed by atoms with Gasteiger partial charge < -0.3 is 0 Å². The fourth-order valence-corrected chi connectivity index (χ4v) is 2.33. The smallest absolute Gasteiger partial charge is 0.114 e. The summed E-state index contributed by atoms with van der Waals surface area (Å²) in [4.78, 5) is 4.55. The maximum Gasteiger partial charge on any atom is 0.114 e. The molecule has 0 saturated heterocycles. The third kappa shape index (κ3) is 2.67. The lowest BCUT2D eigenvalue weighted by molar-refractivity contribution is 1.36. The lowest BCUT2D eigenvalue weighted by Gasteiger charge is -1.99. The molecule has 19 heavy (non-hydrogen) atoms. The maximum atomic E-state index is 4.55.